The van der Waals surface area contributed by atoms with Crippen molar-refractivity contribution in [1.29, 1.82) is 0 Å². The number of fused-ring (bicyclic) bond motifs is 1. The standard InChI is InChI=1S/C22H28N4O3/c1-5-19-21(25(15-27)11-10-16(2)3)26-13-17(8-9-20(26)23-19)22(28)24(4)14-18-7-6-12-29-18/h6-9,12-13,15-16H,5,10-11,14H2,1-4H3. The summed E-state index contributed by atoms with van der Waals surface area (Å²) in [5.41, 5.74) is 2.09. The minimum absolute atomic E-state index is 0.124. The maximum atomic E-state index is 12.9. The molecule has 0 unspecified atom stereocenters. The Labute approximate surface area is 170 Å². The zero-order chi connectivity index (χ0) is 21.0. The van der Waals surface area contributed by atoms with E-state index in [-0.39, 0.29) is 5.91 Å². The minimum atomic E-state index is -0.124. The van der Waals surface area contributed by atoms with Crippen molar-refractivity contribution in [2.24, 2.45) is 5.92 Å². The number of pyridine rings is 1. The first-order valence-corrected chi connectivity index (χ1v) is 9.95. The summed E-state index contributed by atoms with van der Waals surface area (Å²) < 4.78 is 7.18. The van der Waals surface area contributed by atoms with Crippen molar-refractivity contribution in [3.05, 3.63) is 53.7 Å². The summed E-state index contributed by atoms with van der Waals surface area (Å²) in [5.74, 6) is 1.82. The quantitative estimate of drug-likeness (QED) is 0.516. The molecule has 7 nitrogen and oxygen atoms in total. The number of rotatable bonds is 9. The molecule has 3 aromatic heterocycles. The van der Waals surface area contributed by atoms with E-state index in [9.17, 15) is 9.59 Å². The molecule has 3 heterocycles. The van der Waals surface area contributed by atoms with Crippen molar-refractivity contribution in [3.63, 3.8) is 0 Å². The summed E-state index contributed by atoms with van der Waals surface area (Å²) in [6.45, 7) is 7.27. The number of hydrogen-bond donors (Lipinski definition) is 0. The average Bonchev–Trinajstić information content (AvgIpc) is 3.35. The van der Waals surface area contributed by atoms with E-state index in [4.69, 9.17) is 4.42 Å². The van der Waals surface area contributed by atoms with Crippen LogP contribution in [0.5, 0.6) is 0 Å². The number of amides is 2. The fourth-order valence-electron chi connectivity index (χ4n) is 3.28. The van der Waals surface area contributed by atoms with Crippen molar-refractivity contribution < 1.29 is 14.0 Å². The number of anilines is 1. The third kappa shape index (κ3) is 4.50. The number of carbonyl (C=O) groups is 2. The molecule has 0 spiro atoms. The Kier molecular flexibility index (Phi) is 6.36. The van der Waals surface area contributed by atoms with Gasteiger partial charge in [-0.05, 0) is 43.0 Å². The van der Waals surface area contributed by atoms with E-state index < -0.39 is 0 Å². The van der Waals surface area contributed by atoms with Gasteiger partial charge in [0.25, 0.3) is 5.91 Å². The number of aromatic nitrogens is 2. The van der Waals surface area contributed by atoms with Crippen LogP contribution in [0.4, 0.5) is 5.82 Å². The molecule has 0 saturated carbocycles. The summed E-state index contributed by atoms with van der Waals surface area (Å²) >= 11 is 0. The maximum Gasteiger partial charge on any atom is 0.255 e. The molecule has 0 radical (unpaired) electrons. The van der Waals surface area contributed by atoms with E-state index in [1.54, 1.807) is 41.4 Å². The van der Waals surface area contributed by atoms with Crippen LogP contribution in [0, 0.1) is 5.92 Å². The van der Waals surface area contributed by atoms with Crippen molar-refractivity contribution >= 4 is 23.8 Å². The van der Waals surface area contributed by atoms with E-state index in [1.807, 2.05) is 23.5 Å². The monoisotopic (exact) mass is 396 g/mol. The van der Waals surface area contributed by atoms with Crippen molar-refractivity contribution in [3.8, 4) is 0 Å². The molecule has 0 saturated heterocycles. The number of imidazole rings is 1. The van der Waals surface area contributed by atoms with Gasteiger partial charge in [0.05, 0.1) is 24.1 Å². The number of hydrogen-bond acceptors (Lipinski definition) is 4. The van der Waals surface area contributed by atoms with Gasteiger partial charge in [-0.25, -0.2) is 4.98 Å². The Morgan fingerprint density at radius 2 is 2.10 bits per heavy atom. The van der Waals surface area contributed by atoms with E-state index in [1.165, 1.54) is 0 Å². The number of carbonyl (C=O) groups excluding carboxylic acids is 2. The lowest BCUT2D eigenvalue weighted by Crippen LogP contribution is -2.27. The molecule has 0 aliphatic rings. The molecule has 0 aromatic carbocycles. The summed E-state index contributed by atoms with van der Waals surface area (Å²) in [4.78, 5) is 32.7. The van der Waals surface area contributed by atoms with E-state index in [0.717, 1.165) is 35.8 Å². The second kappa shape index (κ2) is 8.94. The number of aryl methyl sites for hydroxylation is 1. The average molecular weight is 396 g/mol. The molecule has 29 heavy (non-hydrogen) atoms. The van der Waals surface area contributed by atoms with Gasteiger partial charge in [-0.1, -0.05) is 20.8 Å². The predicted octanol–water partition coefficient (Wildman–Crippen LogP) is 3.77. The molecule has 2 amide bonds. The first kappa shape index (κ1) is 20.6. The molecule has 0 fully saturated rings. The van der Waals surface area contributed by atoms with Crippen molar-refractivity contribution in [2.45, 2.75) is 40.2 Å². The maximum absolute atomic E-state index is 12.9. The van der Waals surface area contributed by atoms with Crippen LogP contribution >= 0.6 is 0 Å². The van der Waals surface area contributed by atoms with Crippen LogP contribution in [0.25, 0.3) is 5.65 Å². The summed E-state index contributed by atoms with van der Waals surface area (Å²) in [7, 11) is 1.74. The molecule has 0 aliphatic carbocycles. The third-order valence-corrected chi connectivity index (χ3v) is 4.91. The van der Waals surface area contributed by atoms with Gasteiger partial charge in [0, 0.05) is 19.8 Å². The highest BCUT2D eigenvalue weighted by Crippen LogP contribution is 2.24. The molecule has 3 aromatic rings. The Hall–Kier alpha value is -3.09. The van der Waals surface area contributed by atoms with Crippen LogP contribution < -0.4 is 4.90 Å². The largest absolute Gasteiger partial charge is 0.467 e. The first-order chi connectivity index (χ1) is 13.9. The van der Waals surface area contributed by atoms with Crippen LogP contribution in [-0.2, 0) is 17.8 Å². The molecular formula is C22H28N4O3. The topological polar surface area (TPSA) is 71.1 Å². The first-order valence-electron chi connectivity index (χ1n) is 9.95. The fraction of sp³-hybridized carbons (Fsp3) is 0.409. The molecule has 0 bridgehead atoms. The smallest absolute Gasteiger partial charge is 0.255 e. The van der Waals surface area contributed by atoms with E-state index >= 15 is 0 Å². The van der Waals surface area contributed by atoms with Crippen LogP contribution in [0.15, 0.2) is 41.1 Å². The Bertz CT molecular complexity index is 976. The lowest BCUT2D eigenvalue weighted by molar-refractivity contribution is -0.107. The van der Waals surface area contributed by atoms with Crippen LogP contribution in [0.1, 0.15) is 49.0 Å². The van der Waals surface area contributed by atoms with Gasteiger partial charge >= 0.3 is 0 Å². The minimum Gasteiger partial charge on any atom is -0.467 e. The fourth-order valence-corrected chi connectivity index (χ4v) is 3.28. The van der Waals surface area contributed by atoms with E-state index in [0.29, 0.717) is 31.0 Å². The number of nitrogens with zero attached hydrogens (tertiary/aromatic N) is 4. The predicted molar refractivity (Wildman–Crippen MR) is 112 cm³/mol. The normalized spacial score (nSPS) is 11.2. The molecule has 0 N–H and O–H groups in total. The zero-order valence-corrected chi connectivity index (χ0v) is 17.5. The molecule has 0 aliphatic heterocycles. The highest BCUT2D eigenvalue weighted by molar-refractivity contribution is 5.94. The van der Waals surface area contributed by atoms with Crippen LogP contribution in [-0.4, -0.2) is 40.2 Å². The lowest BCUT2D eigenvalue weighted by atomic mass is 10.1. The van der Waals surface area contributed by atoms with Gasteiger partial charge in [-0.3, -0.25) is 18.9 Å². The molecule has 3 rings (SSSR count). The SMILES string of the molecule is CCc1nc2ccc(C(=O)N(C)Cc3ccco3)cn2c1N(C=O)CCC(C)C. The molecule has 0 atom stereocenters. The second-order valence-electron chi connectivity index (χ2n) is 7.60. The molecule has 154 valence electrons. The molecular weight excluding hydrogens is 368 g/mol. The van der Waals surface area contributed by atoms with Crippen LogP contribution in [0.3, 0.4) is 0 Å². The van der Waals surface area contributed by atoms with Gasteiger partial charge < -0.3 is 9.32 Å². The van der Waals surface area contributed by atoms with Crippen molar-refractivity contribution in [1.82, 2.24) is 14.3 Å². The lowest BCUT2D eigenvalue weighted by Gasteiger charge is -2.20. The summed E-state index contributed by atoms with van der Waals surface area (Å²) in [5, 5.41) is 0. The Balaban J connectivity index is 1.95. The van der Waals surface area contributed by atoms with Crippen LogP contribution in [0.2, 0.25) is 0 Å². The van der Waals surface area contributed by atoms with Gasteiger partial charge in [0.2, 0.25) is 6.41 Å². The van der Waals surface area contributed by atoms with Gasteiger partial charge in [0.15, 0.2) is 0 Å². The van der Waals surface area contributed by atoms with Gasteiger partial charge in [-0.2, -0.15) is 0 Å². The summed E-state index contributed by atoms with van der Waals surface area (Å²) in [6, 6.07) is 7.23. The zero-order valence-electron chi connectivity index (χ0n) is 17.5. The molecule has 7 heteroatoms. The highest BCUT2D eigenvalue weighted by Gasteiger charge is 2.20. The Morgan fingerprint density at radius 1 is 1.31 bits per heavy atom. The van der Waals surface area contributed by atoms with E-state index in [2.05, 4.69) is 18.8 Å². The third-order valence-electron chi connectivity index (χ3n) is 4.91. The number of furan rings is 1. The summed E-state index contributed by atoms with van der Waals surface area (Å²) in [6.07, 6.45) is 5.80. The van der Waals surface area contributed by atoms with Crippen molar-refractivity contribution in [2.75, 3.05) is 18.5 Å². The second-order valence-corrected chi connectivity index (χ2v) is 7.60. The highest BCUT2D eigenvalue weighted by atomic mass is 16.3. The van der Waals surface area contributed by atoms with Gasteiger partial charge in [0.1, 0.15) is 17.2 Å². The Morgan fingerprint density at radius 3 is 2.72 bits per heavy atom. The van der Waals surface area contributed by atoms with Gasteiger partial charge in [-0.15, -0.1) is 0 Å².